The lowest BCUT2D eigenvalue weighted by Gasteiger charge is -2.07. The first-order valence-corrected chi connectivity index (χ1v) is 8.45. The fourth-order valence-corrected chi connectivity index (χ4v) is 3.85. The highest BCUT2D eigenvalue weighted by Crippen LogP contribution is 2.42. The van der Waals surface area contributed by atoms with Crippen molar-refractivity contribution < 1.29 is 14.3 Å². The van der Waals surface area contributed by atoms with Crippen LogP contribution in [0.25, 0.3) is 21.6 Å². The molecule has 0 fully saturated rings. The fraction of sp³-hybridized carbons (Fsp3) is 0.105. The molecule has 0 amide bonds. The van der Waals surface area contributed by atoms with Gasteiger partial charge < -0.3 is 9.47 Å². The Balaban J connectivity index is 2.17. The minimum atomic E-state index is -0.354. The van der Waals surface area contributed by atoms with Crippen molar-refractivity contribution in [2.45, 2.75) is 0 Å². The third-order valence-corrected chi connectivity index (χ3v) is 5.12. The summed E-state index contributed by atoms with van der Waals surface area (Å²) in [5.41, 5.74) is 2.82. The predicted octanol–water partition coefficient (Wildman–Crippen LogP) is 5.53. The van der Waals surface area contributed by atoms with E-state index in [2.05, 4.69) is 0 Å². The maximum Gasteiger partial charge on any atom is 0.348 e. The normalized spacial score (nSPS) is 10.5. The Morgan fingerprint density at radius 1 is 1.00 bits per heavy atom. The Morgan fingerprint density at radius 2 is 1.71 bits per heavy atom. The van der Waals surface area contributed by atoms with Gasteiger partial charge in [0.05, 0.1) is 14.2 Å². The van der Waals surface area contributed by atoms with Crippen molar-refractivity contribution in [1.29, 1.82) is 0 Å². The summed E-state index contributed by atoms with van der Waals surface area (Å²) in [5, 5.41) is 0.644. The molecule has 0 radical (unpaired) electrons. The second-order valence-electron chi connectivity index (χ2n) is 5.05. The SMILES string of the molecule is COC(=O)c1cc(-c2ccc(OC)cc2)c(-c2ccccc2Cl)s1. The summed E-state index contributed by atoms with van der Waals surface area (Å²) in [7, 11) is 3.01. The molecule has 0 aliphatic heterocycles. The maximum atomic E-state index is 12.0. The summed E-state index contributed by atoms with van der Waals surface area (Å²) in [5.74, 6) is 0.425. The second-order valence-corrected chi connectivity index (χ2v) is 6.51. The van der Waals surface area contributed by atoms with Crippen LogP contribution in [0.3, 0.4) is 0 Å². The van der Waals surface area contributed by atoms with Crippen LogP contribution in [0.2, 0.25) is 5.02 Å². The molecule has 0 atom stereocenters. The van der Waals surface area contributed by atoms with E-state index in [1.54, 1.807) is 7.11 Å². The molecule has 0 bridgehead atoms. The van der Waals surface area contributed by atoms with Crippen molar-refractivity contribution in [3.8, 4) is 27.3 Å². The molecule has 0 unspecified atom stereocenters. The van der Waals surface area contributed by atoms with E-state index in [0.29, 0.717) is 9.90 Å². The van der Waals surface area contributed by atoms with Crippen LogP contribution >= 0.6 is 22.9 Å². The van der Waals surface area contributed by atoms with E-state index in [9.17, 15) is 4.79 Å². The summed E-state index contributed by atoms with van der Waals surface area (Å²) in [6.07, 6.45) is 0. The van der Waals surface area contributed by atoms with Gasteiger partial charge >= 0.3 is 5.97 Å². The topological polar surface area (TPSA) is 35.5 Å². The zero-order valence-corrected chi connectivity index (χ0v) is 14.8. The van der Waals surface area contributed by atoms with Gasteiger partial charge in [-0.25, -0.2) is 4.79 Å². The van der Waals surface area contributed by atoms with Gasteiger partial charge in [0.2, 0.25) is 0 Å². The minimum absolute atomic E-state index is 0.354. The first-order chi connectivity index (χ1) is 11.6. The Kier molecular flexibility index (Phi) is 4.88. The molecule has 2 aromatic carbocycles. The molecule has 0 saturated carbocycles. The van der Waals surface area contributed by atoms with Gasteiger partial charge in [0.15, 0.2) is 0 Å². The van der Waals surface area contributed by atoms with Gasteiger partial charge in [-0.15, -0.1) is 11.3 Å². The number of benzene rings is 2. The molecular formula is C19H15ClO3S. The van der Waals surface area contributed by atoms with E-state index in [0.717, 1.165) is 27.3 Å². The van der Waals surface area contributed by atoms with Gasteiger partial charge in [-0.2, -0.15) is 0 Å². The molecule has 1 heterocycles. The van der Waals surface area contributed by atoms with Crippen LogP contribution in [0.4, 0.5) is 0 Å². The van der Waals surface area contributed by atoms with Crippen molar-refractivity contribution >= 4 is 28.9 Å². The smallest absolute Gasteiger partial charge is 0.348 e. The molecule has 3 nitrogen and oxygen atoms in total. The maximum absolute atomic E-state index is 12.0. The number of halogens is 1. The van der Waals surface area contributed by atoms with Crippen LogP contribution in [0, 0.1) is 0 Å². The number of carbonyl (C=O) groups excluding carboxylic acids is 1. The molecule has 3 rings (SSSR count). The highest BCUT2D eigenvalue weighted by atomic mass is 35.5. The van der Waals surface area contributed by atoms with Crippen molar-refractivity contribution in [3.05, 3.63) is 64.5 Å². The lowest BCUT2D eigenvalue weighted by Crippen LogP contribution is -1.96. The molecule has 1 aromatic heterocycles. The number of methoxy groups -OCH3 is 2. The third kappa shape index (κ3) is 3.16. The lowest BCUT2D eigenvalue weighted by atomic mass is 10.0. The van der Waals surface area contributed by atoms with Crippen molar-refractivity contribution in [1.82, 2.24) is 0 Å². The van der Waals surface area contributed by atoms with E-state index in [1.807, 2.05) is 54.6 Å². The molecule has 0 saturated heterocycles. The Labute approximate surface area is 149 Å². The molecule has 122 valence electrons. The molecule has 0 N–H and O–H groups in total. The number of carbonyl (C=O) groups is 1. The number of ether oxygens (including phenoxy) is 2. The first-order valence-electron chi connectivity index (χ1n) is 7.25. The van der Waals surface area contributed by atoms with Crippen molar-refractivity contribution in [2.75, 3.05) is 14.2 Å². The van der Waals surface area contributed by atoms with Crippen LogP contribution in [-0.4, -0.2) is 20.2 Å². The highest BCUT2D eigenvalue weighted by Gasteiger charge is 2.19. The van der Waals surface area contributed by atoms with Gasteiger partial charge in [0.1, 0.15) is 10.6 Å². The number of hydrogen-bond donors (Lipinski definition) is 0. The molecule has 0 aliphatic carbocycles. The van der Waals surface area contributed by atoms with E-state index < -0.39 is 0 Å². The van der Waals surface area contributed by atoms with Crippen molar-refractivity contribution in [2.24, 2.45) is 0 Å². The average Bonchev–Trinajstić information content (AvgIpc) is 3.06. The van der Waals surface area contributed by atoms with Crippen LogP contribution in [0.1, 0.15) is 9.67 Å². The molecule has 3 aromatic rings. The monoisotopic (exact) mass is 358 g/mol. The van der Waals surface area contributed by atoms with Crippen molar-refractivity contribution in [3.63, 3.8) is 0 Å². The van der Waals surface area contributed by atoms with E-state index in [-0.39, 0.29) is 5.97 Å². The Morgan fingerprint density at radius 3 is 2.33 bits per heavy atom. The summed E-state index contributed by atoms with van der Waals surface area (Å²) >= 11 is 7.73. The summed E-state index contributed by atoms with van der Waals surface area (Å²) in [6, 6.07) is 17.1. The van der Waals surface area contributed by atoms with Gasteiger partial charge in [0, 0.05) is 21.0 Å². The van der Waals surface area contributed by atoms with Gasteiger partial charge in [0.25, 0.3) is 0 Å². The lowest BCUT2D eigenvalue weighted by molar-refractivity contribution is 0.0606. The number of thiophene rings is 1. The summed E-state index contributed by atoms with van der Waals surface area (Å²) in [6.45, 7) is 0. The largest absolute Gasteiger partial charge is 0.497 e. The number of esters is 1. The fourth-order valence-electron chi connectivity index (χ4n) is 2.42. The van der Waals surface area contributed by atoms with Gasteiger partial charge in [-0.05, 0) is 29.8 Å². The summed E-state index contributed by atoms with van der Waals surface area (Å²) in [4.78, 5) is 13.4. The van der Waals surface area contributed by atoms with Crippen LogP contribution in [-0.2, 0) is 4.74 Å². The van der Waals surface area contributed by atoms with Gasteiger partial charge in [-0.3, -0.25) is 0 Å². The number of rotatable bonds is 4. The quantitative estimate of drug-likeness (QED) is 0.575. The van der Waals surface area contributed by atoms with Crippen LogP contribution < -0.4 is 4.74 Å². The highest BCUT2D eigenvalue weighted by molar-refractivity contribution is 7.18. The second kappa shape index (κ2) is 7.07. The Hall–Kier alpha value is -2.30. The number of hydrogen-bond acceptors (Lipinski definition) is 4. The molecule has 0 spiro atoms. The standard InChI is InChI=1S/C19H15ClO3S/c1-22-13-9-7-12(8-10-13)15-11-17(19(21)23-2)24-18(15)14-5-3-4-6-16(14)20/h3-11H,1-2H3. The third-order valence-electron chi connectivity index (χ3n) is 3.64. The van der Waals surface area contributed by atoms with Gasteiger partial charge in [-0.1, -0.05) is 41.9 Å². The zero-order chi connectivity index (χ0) is 17.1. The van der Waals surface area contributed by atoms with Crippen LogP contribution in [0.5, 0.6) is 5.75 Å². The summed E-state index contributed by atoms with van der Waals surface area (Å²) < 4.78 is 10.1. The van der Waals surface area contributed by atoms with Crippen LogP contribution in [0.15, 0.2) is 54.6 Å². The minimum Gasteiger partial charge on any atom is -0.497 e. The van der Waals surface area contributed by atoms with E-state index in [4.69, 9.17) is 21.1 Å². The molecular weight excluding hydrogens is 344 g/mol. The molecule has 5 heteroatoms. The van der Waals surface area contributed by atoms with E-state index in [1.165, 1.54) is 18.4 Å². The predicted molar refractivity (Wildman–Crippen MR) is 98.1 cm³/mol. The zero-order valence-electron chi connectivity index (χ0n) is 13.2. The molecule has 0 aliphatic rings. The van der Waals surface area contributed by atoms with E-state index >= 15 is 0 Å². The average molecular weight is 359 g/mol. The Bertz CT molecular complexity index is 869. The molecule has 24 heavy (non-hydrogen) atoms. The first kappa shape index (κ1) is 16.6.